The van der Waals surface area contributed by atoms with E-state index in [0.717, 1.165) is 4.90 Å². The van der Waals surface area contributed by atoms with Crippen LogP contribution >= 0.6 is 35.6 Å². The Morgan fingerprint density at radius 2 is 1.79 bits per heavy atom. The second kappa shape index (κ2) is 5.04. The summed E-state index contributed by atoms with van der Waals surface area (Å²) in [5, 5.41) is 3.68. The highest BCUT2D eigenvalue weighted by Crippen LogP contribution is 2.34. The zero-order valence-corrected chi connectivity index (χ0v) is 11.9. The first-order valence-corrected chi connectivity index (χ1v) is 6.11. The third kappa shape index (κ3) is 2.20. The molecule has 2 aliphatic rings. The molecule has 1 aromatic rings. The van der Waals surface area contributed by atoms with Crippen molar-refractivity contribution in [3.05, 3.63) is 40.0 Å². The normalized spacial score (nSPS) is 20.8. The summed E-state index contributed by atoms with van der Waals surface area (Å²) in [7, 11) is 0. The van der Waals surface area contributed by atoms with E-state index >= 15 is 0 Å². The molecule has 1 saturated heterocycles. The number of nitrogens with zero attached hydrogens (tertiary/aromatic N) is 1. The van der Waals surface area contributed by atoms with Crippen LogP contribution in [0.15, 0.2) is 30.0 Å². The van der Waals surface area contributed by atoms with Gasteiger partial charge in [0.2, 0.25) is 5.91 Å². The van der Waals surface area contributed by atoms with Gasteiger partial charge in [-0.25, -0.2) is 4.90 Å². The van der Waals surface area contributed by atoms with Gasteiger partial charge in [0.1, 0.15) is 0 Å². The fourth-order valence-electron chi connectivity index (χ4n) is 2.23. The molecule has 0 saturated carbocycles. The average Bonchev–Trinajstić information content (AvgIpc) is 2.83. The van der Waals surface area contributed by atoms with Crippen molar-refractivity contribution in [1.82, 2.24) is 5.32 Å². The number of carbonyl (C=O) groups excluding carboxylic acids is 2. The van der Waals surface area contributed by atoms with Crippen LogP contribution in [0.4, 0.5) is 5.69 Å². The number of rotatable bonds is 1. The maximum absolute atomic E-state index is 12.2. The largest absolute Gasteiger partial charge is 0.389 e. The molecule has 3 rings (SSSR count). The van der Waals surface area contributed by atoms with Crippen LogP contribution < -0.4 is 10.2 Å². The van der Waals surface area contributed by atoms with Gasteiger partial charge in [-0.1, -0.05) is 23.2 Å². The Morgan fingerprint density at radius 1 is 1.16 bits per heavy atom. The predicted octanol–water partition coefficient (Wildman–Crippen LogP) is 2.39. The molecule has 19 heavy (non-hydrogen) atoms. The van der Waals surface area contributed by atoms with Crippen LogP contribution in [0.25, 0.3) is 0 Å². The first kappa shape index (κ1) is 14.2. The summed E-state index contributed by atoms with van der Waals surface area (Å²) in [6, 6.07) is 4.66. The van der Waals surface area contributed by atoms with E-state index in [0.29, 0.717) is 27.9 Å². The van der Waals surface area contributed by atoms with Gasteiger partial charge in [-0.2, -0.15) is 0 Å². The maximum atomic E-state index is 12.2. The molecule has 7 heteroatoms. The Morgan fingerprint density at radius 3 is 2.37 bits per heavy atom. The van der Waals surface area contributed by atoms with Gasteiger partial charge in [-0.3, -0.25) is 9.59 Å². The first-order valence-electron chi connectivity index (χ1n) is 5.36. The van der Waals surface area contributed by atoms with E-state index < -0.39 is 5.92 Å². The first-order chi connectivity index (χ1) is 8.58. The van der Waals surface area contributed by atoms with Gasteiger partial charge in [-0.05, 0) is 18.2 Å². The molecule has 1 N–H and O–H groups in total. The van der Waals surface area contributed by atoms with Crippen molar-refractivity contribution >= 4 is 53.1 Å². The molecule has 2 heterocycles. The van der Waals surface area contributed by atoms with Crippen LogP contribution in [-0.4, -0.2) is 18.4 Å². The van der Waals surface area contributed by atoms with Gasteiger partial charge in [0, 0.05) is 28.4 Å². The third-order valence-corrected chi connectivity index (χ3v) is 3.47. The predicted molar refractivity (Wildman–Crippen MR) is 75.8 cm³/mol. The number of halogens is 3. The smallest absolute Gasteiger partial charge is 0.263 e. The van der Waals surface area contributed by atoms with Crippen LogP contribution in [0.5, 0.6) is 0 Å². The zero-order valence-electron chi connectivity index (χ0n) is 9.52. The molecule has 0 aliphatic carbocycles. The van der Waals surface area contributed by atoms with Crippen molar-refractivity contribution in [2.24, 2.45) is 5.92 Å². The van der Waals surface area contributed by atoms with Gasteiger partial charge in [0.15, 0.2) is 0 Å². The molecular weight excluding hydrogens is 311 g/mol. The number of carbonyl (C=O) groups is 2. The Labute approximate surface area is 125 Å². The van der Waals surface area contributed by atoms with E-state index in [2.05, 4.69) is 5.32 Å². The number of amides is 2. The molecule has 1 aromatic carbocycles. The van der Waals surface area contributed by atoms with Crippen molar-refractivity contribution in [2.45, 2.75) is 0 Å². The lowest BCUT2D eigenvalue weighted by Gasteiger charge is -2.15. The molecule has 1 atom stereocenters. The maximum Gasteiger partial charge on any atom is 0.263 e. The summed E-state index contributed by atoms with van der Waals surface area (Å²) < 4.78 is 0. The Hall–Kier alpha value is -1.23. The van der Waals surface area contributed by atoms with Crippen molar-refractivity contribution in [3.8, 4) is 0 Å². The summed E-state index contributed by atoms with van der Waals surface area (Å²) >= 11 is 11.8. The summed E-state index contributed by atoms with van der Waals surface area (Å²) in [4.78, 5) is 25.4. The summed E-state index contributed by atoms with van der Waals surface area (Å²) in [5.41, 5.74) is 0.911. The molecule has 4 nitrogen and oxygen atoms in total. The number of fused-ring (bicyclic) bond motifs is 1. The molecule has 0 radical (unpaired) electrons. The van der Waals surface area contributed by atoms with E-state index in [9.17, 15) is 9.59 Å². The fraction of sp³-hybridized carbons (Fsp3) is 0.167. The van der Waals surface area contributed by atoms with Crippen molar-refractivity contribution in [2.75, 3.05) is 11.4 Å². The molecule has 1 unspecified atom stereocenters. The van der Waals surface area contributed by atoms with Gasteiger partial charge in [0.05, 0.1) is 11.6 Å². The van der Waals surface area contributed by atoms with Gasteiger partial charge < -0.3 is 5.32 Å². The lowest BCUT2D eigenvalue weighted by atomic mass is 10.1. The average molecular weight is 320 g/mol. The highest BCUT2D eigenvalue weighted by atomic mass is 35.5. The number of benzene rings is 1. The second-order valence-electron chi connectivity index (χ2n) is 4.17. The number of nitrogens with one attached hydrogen (secondary N) is 1. The minimum absolute atomic E-state index is 0. The van der Waals surface area contributed by atoms with Crippen LogP contribution in [0.3, 0.4) is 0 Å². The molecule has 2 amide bonds. The monoisotopic (exact) mass is 318 g/mol. The molecule has 1 fully saturated rings. The van der Waals surface area contributed by atoms with Crippen molar-refractivity contribution in [1.29, 1.82) is 0 Å². The van der Waals surface area contributed by atoms with Gasteiger partial charge >= 0.3 is 0 Å². The van der Waals surface area contributed by atoms with E-state index in [1.807, 2.05) is 0 Å². The summed E-state index contributed by atoms with van der Waals surface area (Å²) in [5.74, 6) is -0.946. The molecule has 0 aromatic heterocycles. The number of anilines is 1. The van der Waals surface area contributed by atoms with Gasteiger partial charge in [-0.15, -0.1) is 12.4 Å². The molecule has 0 spiro atoms. The van der Waals surface area contributed by atoms with Crippen molar-refractivity contribution in [3.63, 3.8) is 0 Å². The molecular formula is C12H9Cl3N2O2. The topological polar surface area (TPSA) is 49.4 Å². The van der Waals surface area contributed by atoms with E-state index in [-0.39, 0.29) is 24.2 Å². The highest BCUT2D eigenvalue weighted by Gasteiger charge is 2.45. The third-order valence-electron chi connectivity index (χ3n) is 3.03. The Bertz CT molecular complexity index is 580. The molecule has 0 bridgehead atoms. The minimum atomic E-state index is -0.393. The number of imide groups is 1. The lowest BCUT2D eigenvalue weighted by molar-refractivity contribution is -0.122. The summed E-state index contributed by atoms with van der Waals surface area (Å²) in [6.45, 7) is 0.463. The van der Waals surface area contributed by atoms with E-state index in [1.165, 1.54) is 0 Å². The van der Waals surface area contributed by atoms with Crippen LogP contribution in [0, 0.1) is 5.92 Å². The van der Waals surface area contributed by atoms with Crippen LogP contribution in [-0.2, 0) is 9.59 Å². The standard InChI is InChI=1S/C12H8Cl2N2O2.ClH/c13-6-1-7(14)3-8(2-6)16-11(17)9-4-15-5-10(9)12(16)18;/h1-4,10,15H,5H2;1H. The van der Waals surface area contributed by atoms with E-state index in [1.54, 1.807) is 24.4 Å². The quantitative estimate of drug-likeness (QED) is 0.809. The SMILES string of the molecule is Cl.O=C1C2=CNCC2C(=O)N1c1cc(Cl)cc(Cl)c1. The fourth-order valence-corrected chi connectivity index (χ4v) is 2.74. The molecule has 2 aliphatic heterocycles. The zero-order chi connectivity index (χ0) is 12.9. The van der Waals surface area contributed by atoms with Crippen molar-refractivity contribution < 1.29 is 9.59 Å². The van der Waals surface area contributed by atoms with Crippen LogP contribution in [0.2, 0.25) is 10.0 Å². The Kier molecular flexibility index (Phi) is 3.76. The van der Waals surface area contributed by atoms with Crippen LogP contribution in [0.1, 0.15) is 0 Å². The Balaban J connectivity index is 0.00000133. The highest BCUT2D eigenvalue weighted by molar-refractivity contribution is 6.36. The van der Waals surface area contributed by atoms with E-state index in [4.69, 9.17) is 23.2 Å². The van der Waals surface area contributed by atoms with Gasteiger partial charge in [0.25, 0.3) is 5.91 Å². The summed E-state index contributed by atoms with van der Waals surface area (Å²) in [6.07, 6.45) is 1.59. The number of hydrogen-bond donors (Lipinski definition) is 1. The number of hydrogen-bond acceptors (Lipinski definition) is 3. The second-order valence-corrected chi connectivity index (χ2v) is 5.04. The minimum Gasteiger partial charge on any atom is -0.389 e. The lowest BCUT2D eigenvalue weighted by Crippen LogP contribution is -2.32. The molecule has 100 valence electrons.